The summed E-state index contributed by atoms with van der Waals surface area (Å²) in [5.74, 6) is -0.0628. The van der Waals surface area contributed by atoms with E-state index in [1.807, 2.05) is 16.7 Å². The molecule has 0 saturated carbocycles. The van der Waals surface area contributed by atoms with Gasteiger partial charge in [0.05, 0.1) is 5.92 Å². The quantitative estimate of drug-likeness (QED) is 0.871. The Hall–Kier alpha value is -2.24. The molecule has 142 valence electrons. The molecular formula is C20H29N3O3. The number of phenols is 1. The lowest BCUT2D eigenvalue weighted by Crippen LogP contribution is -2.51. The van der Waals surface area contributed by atoms with Crippen molar-refractivity contribution in [1.29, 1.82) is 0 Å². The lowest BCUT2D eigenvalue weighted by Gasteiger charge is -2.37. The summed E-state index contributed by atoms with van der Waals surface area (Å²) in [6.45, 7) is 5.03. The average Bonchev–Trinajstić information content (AvgIpc) is 2.68. The molecule has 0 bridgehead atoms. The Labute approximate surface area is 155 Å². The Bertz CT molecular complexity index is 618. The van der Waals surface area contributed by atoms with Gasteiger partial charge in [-0.2, -0.15) is 0 Å². The van der Waals surface area contributed by atoms with Crippen LogP contribution in [0.5, 0.6) is 5.75 Å². The van der Waals surface area contributed by atoms with Crippen LogP contribution in [0, 0.1) is 0 Å². The summed E-state index contributed by atoms with van der Waals surface area (Å²) in [5, 5.41) is 12.5. The number of rotatable bonds is 3. The van der Waals surface area contributed by atoms with Crippen LogP contribution < -0.4 is 5.32 Å². The number of urea groups is 1. The van der Waals surface area contributed by atoms with Gasteiger partial charge in [0.25, 0.3) is 0 Å². The van der Waals surface area contributed by atoms with Crippen LogP contribution in [0.4, 0.5) is 4.79 Å². The van der Waals surface area contributed by atoms with Gasteiger partial charge in [-0.1, -0.05) is 12.1 Å². The van der Waals surface area contributed by atoms with Gasteiger partial charge in [-0.05, 0) is 56.7 Å². The van der Waals surface area contributed by atoms with E-state index in [-0.39, 0.29) is 29.6 Å². The number of amides is 3. The summed E-state index contributed by atoms with van der Waals surface area (Å²) >= 11 is 0. The molecule has 2 heterocycles. The van der Waals surface area contributed by atoms with E-state index in [9.17, 15) is 14.7 Å². The van der Waals surface area contributed by atoms with Crippen LogP contribution >= 0.6 is 0 Å². The molecule has 2 N–H and O–H groups in total. The highest BCUT2D eigenvalue weighted by molar-refractivity contribution is 5.83. The zero-order valence-corrected chi connectivity index (χ0v) is 15.5. The molecule has 2 aliphatic rings. The number of likely N-dealkylation sites (tertiary alicyclic amines) is 2. The van der Waals surface area contributed by atoms with E-state index in [2.05, 4.69) is 5.32 Å². The summed E-state index contributed by atoms with van der Waals surface area (Å²) in [6, 6.07) is 7.03. The zero-order chi connectivity index (χ0) is 18.5. The van der Waals surface area contributed by atoms with Gasteiger partial charge in [-0.3, -0.25) is 4.79 Å². The average molecular weight is 359 g/mol. The third-order valence-electron chi connectivity index (χ3n) is 5.52. The molecule has 0 radical (unpaired) electrons. The third kappa shape index (κ3) is 4.48. The first kappa shape index (κ1) is 18.5. The minimum Gasteiger partial charge on any atom is -0.508 e. The predicted molar refractivity (Wildman–Crippen MR) is 100 cm³/mol. The van der Waals surface area contributed by atoms with Crippen molar-refractivity contribution in [2.45, 2.75) is 51.0 Å². The summed E-state index contributed by atoms with van der Waals surface area (Å²) < 4.78 is 0. The van der Waals surface area contributed by atoms with Gasteiger partial charge >= 0.3 is 6.03 Å². The summed E-state index contributed by atoms with van der Waals surface area (Å²) in [6.07, 6.45) is 5.03. The molecule has 6 heteroatoms. The number of aromatic hydroxyl groups is 1. The normalized spacial score (nSPS) is 19.9. The van der Waals surface area contributed by atoms with Crippen LogP contribution in [-0.4, -0.2) is 59.1 Å². The fourth-order valence-corrected chi connectivity index (χ4v) is 3.74. The van der Waals surface area contributed by atoms with Crippen LogP contribution in [0.1, 0.15) is 50.5 Å². The first-order chi connectivity index (χ1) is 12.5. The van der Waals surface area contributed by atoms with Crippen LogP contribution in [0.15, 0.2) is 24.3 Å². The van der Waals surface area contributed by atoms with Crippen LogP contribution in [0.3, 0.4) is 0 Å². The zero-order valence-electron chi connectivity index (χ0n) is 15.5. The minimum absolute atomic E-state index is 0.00324. The van der Waals surface area contributed by atoms with Crippen molar-refractivity contribution in [1.82, 2.24) is 15.1 Å². The topological polar surface area (TPSA) is 72.9 Å². The molecule has 0 aromatic heterocycles. The smallest absolute Gasteiger partial charge is 0.319 e. The molecule has 3 rings (SSSR count). The van der Waals surface area contributed by atoms with Gasteiger partial charge in [-0.15, -0.1) is 0 Å². The van der Waals surface area contributed by atoms with Crippen molar-refractivity contribution >= 4 is 11.9 Å². The Kier molecular flexibility index (Phi) is 6.01. The SMILES string of the molecule is C[C@@H](C(=O)NC1CCN(C(=O)N2CCCCC2)CC1)c1ccc(O)cc1. The fourth-order valence-electron chi connectivity index (χ4n) is 3.74. The van der Waals surface area contributed by atoms with Crippen LogP contribution in [0.2, 0.25) is 0 Å². The fraction of sp³-hybridized carbons (Fsp3) is 0.600. The van der Waals surface area contributed by atoms with E-state index >= 15 is 0 Å². The Balaban J connectivity index is 1.46. The van der Waals surface area contributed by atoms with Gasteiger partial charge in [0.1, 0.15) is 5.75 Å². The maximum Gasteiger partial charge on any atom is 0.319 e. The van der Waals surface area contributed by atoms with Gasteiger partial charge in [-0.25, -0.2) is 4.79 Å². The molecule has 1 atom stereocenters. The van der Waals surface area contributed by atoms with E-state index in [0.717, 1.165) is 44.3 Å². The number of hydrogen-bond acceptors (Lipinski definition) is 3. The molecule has 6 nitrogen and oxygen atoms in total. The van der Waals surface area contributed by atoms with E-state index in [0.29, 0.717) is 13.1 Å². The van der Waals surface area contributed by atoms with E-state index < -0.39 is 0 Å². The standard InChI is InChI=1S/C20H29N3O3/c1-15(16-5-7-18(24)8-6-16)19(25)21-17-9-13-23(14-10-17)20(26)22-11-3-2-4-12-22/h5-8,15,17,24H,2-4,9-14H2,1H3,(H,21,25)/t15-/m1/s1. The van der Waals surface area contributed by atoms with Crippen molar-refractivity contribution in [2.75, 3.05) is 26.2 Å². The Morgan fingerprint density at radius 2 is 1.58 bits per heavy atom. The summed E-state index contributed by atoms with van der Waals surface area (Å²) in [5.41, 5.74) is 0.887. The highest BCUT2D eigenvalue weighted by Crippen LogP contribution is 2.20. The second kappa shape index (κ2) is 8.43. The van der Waals surface area contributed by atoms with Gasteiger partial charge < -0.3 is 20.2 Å². The monoisotopic (exact) mass is 359 g/mol. The van der Waals surface area contributed by atoms with E-state index in [4.69, 9.17) is 0 Å². The minimum atomic E-state index is -0.261. The highest BCUT2D eigenvalue weighted by atomic mass is 16.3. The Morgan fingerprint density at radius 3 is 2.19 bits per heavy atom. The van der Waals surface area contributed by atoms with Crippen LogP contribution in [0.25, 0.3) is 0 Å². The molecule has 0 unspecified atom stereocenters. The summed E-state index contributed by atoms with van der Waals surface area (Å²) in [7, 11) is 0. The highest BCUT2D eigenvalue weighted by Gasteiger charge is 2.28. The predicted octanol–water partition coefficient (Wildman–Crippen LogP) is 2.68. The van der Waals surface area contributed by atoms with Gasteiger partial charge in [0, 0.05) is 32.2 Å². The Morgan fingerprint density at radius 1 is 1.00 bits per heavy atom. The number of nitrogens with zero attached hydrogens (tertiary/aromatic N) is 2. The molecule has 2 saturated heterocycles. The summed E-state index contributed by atoms with van der Waals surface area (Å²) in [4.78, 5) is 28.9. The number of nitrogens with one attached hydrogen (secondary N) is 1. The molecule has 0 aliphatic carbocycles. The lowest BCUT2D eigenvalue weighted by atomic mass is 9.98. The van der Waals surface area contributed by atoms with Gasteiger partial charge in [0.15, 0.2) is 0 Å². The number of phenolic OH excluding ortho intramolecular Hbond substituents is 1. The van der Waals surface area contributed by atoms with Crippen molar-refractivity contribution in [3.8, 4) is 5.75 Å². The number of benzene rings is 1. The first-order valence-corrected chi connectivity index (χ1v) is 9.68. The van der Waals surface area contributed by atoms with Crippen molar-refractivity contribution in [3.05, 3.63) is 29.8 Å². The van der Waals surface area contributed by atoms with Crippen molar-refractivity contribution in [3.63, 3.8) is 0 Å². The molecule has 3 amide bonds. The molecule has 0 spiro atoms. The molecule has 1 aromatic carbocycles. The maximum atomic E-state index is 12.5. The van der Waals surface area contributed by atoms with E-state index in [1.165, 1.54) is 6.42 Å². The van der Waals surface area contributed by atoms with Crippen LogP contribution in [-0.2, 0) is 4.79 Å². The second-order valence-corrected chi connectivity index (χ2v) is 7.41. The number of carbonyl (C=O) groups is 2. The molecule has 1 aromatic rings. The number of carbonyl (C=O) groups excluding carboxylic acids is 2. The van der Waals surface area contributed by atoms with E-state index in [1.54, 1.807) is 24.3 Å². The lowest BCUT2D eigenvalue weighted by molar-refractivity contribution is -0.123. The number of piperidine rings is 2. The first-order valence-electron chi connectivity index (χ1n) is 9.68. The maximum absolute atomic E-state index is 12.5. The van der Waals surface area contributed by atoms with Crippen molar-refractivity contribution in [2.24, 2.45) is 0 Å². The number of hydrogen-bond donors (Lipinski definition) is 2. The van der Waals surface area contributed by atoms with Crippen molar-refractivity contribution < 1.29 is 14.7 Å². The molecule has 26 heavy (non-hydrogen) atoms. The molecule has 2 fully saturated rings. The largest absolute Gasteiger partial charge is 0.508 e. The van der Waals surface area contributed by atoms with Gasteiger partial charge in [0.2, 0.25) is 5.91 Å². The molecular weight excluding hydrogens is 330 g/mol. The molecule has 2 aliphatic heterocycles. The third-order valence-corrected chi connectivity index (χ3v) is 5.52. The second-order valence-electron chi connectivity index (χ2n) is 7.41.